The summed E-state index contributed by atoms with van der Waals surface area (Å²) < 4.78 is 29.3. The zero-order valence-electron chi connectivity index (χ0n) is 14.1. The lowest BCUT2D eigenvalue weighted by Gasteiger charge is -2.20. The molecule has 0 unspecified atom stereocenters. The second kappa shape index (κ2) is 6.22. The molecule has 9 nitrogen and oxygen atoms in total. The third-order valence-electron chi connectivity index (χ3n) is 4.24. The van der Waals surface area contributed by atoms with Gasteiger partial charge in [0.25, 0.3) is 10.0 Å². The van der Waals surface area contributed by atoms with Crippen LogP contribution in [0.3, 0.4) is 0 Å². The van der Waals surface area contributed by atoms with Gasteiger partial charge in [-0.05, 0) is 18.6 Å². The minimum atomic E-state index is -3.85. The number of aromatic nitrogens is 4. The van der Waals surface area contributed by atoms with Crippen molar-refractivity contribution in [3.63, 3.8) is 0 Å². The lowest BCUT2D eigenvalue weighted by atomic mass is 10.3. The van der Waals surface area contributed by atoms with Crippen LogP contribution in [0.25, 0.3) is 11.0 Å². The molecule has 1 saturated heterocycles. The second-order valence-corrected chi connectivity index (χ2v) is 7.91. The SMILES string of the molecule is Cn1cc(S(=O)(=O)Nc2nc3ccccc3nc2N2CC[C@H](O)C2)cn1. The van der Waals surface area contributed by atoms with Crippen LogP contribution in [-0.4, -0.2) is 52.5 Å². The van der Waals surface area contributed by atoms with Crippen molar-refractivity contribution < 1.29 is 13.5 Å². The molecule has 136 valence electrons. The summed E-state index contributed by atoms with van der Waals surface area (Å²) in [5.74, 6) is 0.550. The van der Waals surface area contributed by atoms with Crippen molar-refractivity contribution in [2.24, 2.45) is 7.05 Å². The molecule has 1 fully saturated rings. The summed E-state index contributed by atoms with van der Waals surface area (Å²) in [6, 6.07) is 7.25. The van der Waals surface area contributed by atoms with Crippen LogP contribution in [0.15, 0.2) is 41.6 Å². The van der Waals surface area contributed by atoms with Crippen LogP contribution in [0.1, 0.15) is 6.42 Å². The lowest BCUT2D eigenvalue weighted by Crippen LogP contribution is -2.25. The zero-order valence-corrected chi connectivity index (χ0v) is 14.9. The average Bonchev–Trinajstić information content (AvgIpc) is 3.23. The fourth-order valence-corrected chi connectivity index (χ4v) is 3.92. The third-order valence-corrected chi connectivity index (χ3v) is 5.53. The van der Waals surface area contributed by atoms with Crippen molar-refractivity contribution in [3.05, 3.63) is 36.7 Å². The fourth-order valence-electron chi connectivity index (χ4n) is 2.94. The monoisotopic (exact) mass is 374 g/mol. The molecular formula is C16H18N6O3S. The Bertz CT molecular complexity index is 1060. The number of rotatable bonds is 4. The van der Waals surface area contributed by atoms with E-state index in [1.807, 2.05) is 23.1 Å². The Hall–Kier alpha value is -2.72. The number of para-hydroxylation sites is 2. The molecule has 2 N–H and O–H groups in total. The van der Waals surface area contributed by atoms with Crippen LogP contribution in [0.5, 0.6) is 0 Å². The number of nitrogens with zero attached hydrogens (tertiary/aromatic N) is 5. The number of benzene rings is 1. The van der Waals surface area contributed by atoms with Gasteiger partial charge in [0.2, 0.25) is 0 Å². The summed E-state index contributed by atoms with van der Waals surface area (Å²) in [6.45, 7) is 0.963. The Balaban J connectivity index is 1.79. The smallest absolute Gasteiger partial charge is 0.266 e. The molecule has 0 spiro atoms. The van der Waals surface area contributed by atoms with Gasteiger partial charge in [0, 0.05) is 26.3 Å². The van der Waals surface area contributed by atoms with Crippen LogP contribution in [0.4, 0.5) is 11.6 Å². The number of aliphatic hydroxyl groups is 1. The van der Waals surface area contributed by atoms with Crippen molar-refractivity contribution in [3.8, 4) is 0 Å². The van der Waals surface area contributed by atoms with E-state index >= 15 is 0 Å². The highest BCUT2D eigenvalue weighted by Crippen LogP contribution is 2.29. The first-order valence-electron chi connectivity index (χ1n) is 8.14. The fraction of sp³-hybridized carbons (Fsp3) is 0.312. The van der Waals surface area contributed by atoms with E-state index in [9.17, 15) is 13.5 Å². The normalized spacial score (nSPS) is 17.8. The van der Waals surface area contributed by atoms with Gasteiger partial charge in [0.15, 0.2) is 11.6 Å². The molecule has 3 aromatic rings. The van der Waals surface area contributed by atoms with Gasteiger partial charge in [0.1, 0.15) is 4.90 Å². The maximum atomic E-state index is 12.7. The maximum absolute atomic E-state index is 12.7. The molecule has 0 aliphatic carbocycles. The number of anilines is 2. The number of sulfonamides is 1. The number of aliphatic hydroxyl groups excluding tert-OH is 1. The van der Waals surface area contributed by atoms with E-state index in [4.69, 9.17) is 0 Å². The number of β-amino-alcohol motifs (C(OH)–C–C–N with tert-alkyl or cyclic N) is 1. The number of aryl methyl sites for hydroxylation is 1. The maximum Gasteiger partial charge on any atom is 0.266 e. The highest BCUT2D eigenvalue weighted by atomic mass is 32.2. The summed E-state index contributed by atoms with van der Waals surface area (Å²) >= 11 is 0. The van der Waals surface area contributed by atoms with E-state index in [-0.39, 0.29) is 10.7 Å². The molecule has 0 saturated carbocycles. The third kappa shape index (κ3) is 3.08. The summed E-state index contributed by atoms with van der Waals surface area (Å²) in [4.78, 5) is 10.9. The number of hydrogen-bond acceptors (Lipinski definition) is 7. The Morgan fingerprint density at radius 3 is 2.58 bits per heavy atom. The van der Waals surface area contributed by atoms with Crippen molar-refractivity contribution in [1.29, 1.82) is 0 Å². The minimum Gasteiger partial charge on any atom is -0.391 e. The molecule has 10 heteroatoms. The van der Waals surface area contributed by atoms with Crippen molar-refractivity contribution in [2.75, 3.05) is 22.7 Å². The van der Waals surface area contributed by atoms with Crippen LogP contribution in [0.2, 0.25) is 0 Å². The highest BCUT2D eigenvalue weighted by Gasteiger charge is 2.27. The van der Waals surface area contributed by atoms with E-state index < -0.39 is 16.1 Å². The molecule has 26 heavy (non-hydrogen) atoms. The molecule has 1 aromatic carbocycles. The first-order valence-corrected chi connectivity index (χ1v) is 9.62. The Morgan fingerprint density at radius 2 is 1.96 bits per heavy atom. The van der Waals surface area contributed by atoms with Gasteiger partial charge < -0.3 is 10.0 Å². The molecule has 0 amide bonds. The lowest BCUT2D eigenvalue weighted by molar-refractivity contribution is 0.198. The van der Waals surface area contributed by atoms with Crippen LogP contribution >= 0.6 is 0 Å². The van der Waals surface area contributed by atoms with Gasteiger partial charge in [-0.1, -0.05) is 12.1 Å². The quantitative estimate of drug-likeness (QED) is 0.692. The van der Waals surface area contributed by atoms with E-state index in [0.717, 1.165) is 0 Å². The Kier molecular flexibility index (Phi) is 4.00. The summed E-state index contributed by atoms with van der Waals surface area (Å²) in [6.07, 6.45) is 2.82. The highest BCUT2D eigenvalue weighted by molar-refractivity contribution is 7.92. The van der Waals surface area contributed by atoms with Gasteiger partial charge >= 0.3 is 0 Å². The van der Waals surface area contributed by atoms with Crippen LogP contribution in [0, 0.1) is 0 Å². The molecule has 4 rings (SSSR count). The van der Waals surface area contributed by atoms with E-state index in [1.165, 1.54) is 17.1 Å². The number of hydrogen-bond donors (Lipinski definition) is 2. The topological polar surface area (TPSA) is 113 Å². The molecular weight excluding hydrogens is 356 g/mol. The first-order chi connectivity index (χ1) is 12.4. The zero-order chi connectivity index (χ0) is 18.3. The molecule has 1 atom stereocenters. The van der Waals surface area contributed by atoms with Gasteiger partial charge in [-0.3, -0.25) is 9.40 Å². The summed E-state index contributed by atoms with van der Waals surface area (Å²) in [7, 11) is -2.21. The second-order valence-electron chi connectivity index (χ2n) is 6.23. The van der Waals surface area contributed by atoms with Crippen LogP contribution < -0.4 is 9.62 Å². The average molecular weight is 374 g/mol. The van der Waals surface area contributed by atoms with E-state index in [0.29, 0.717) is 36.4 Å². The molecule has 2 aromatic heterocycles. The van der Waals surface area contributed by atoms with Crippen molar-refractivity contribution >= 4 is 32.7 Å². The molecule has 3 heterocycles. The Labute approximate surface area is 150 Å². The van der Waals surface area contributed by atoms with Gasteiger partial charge in [0.05, 0.1) is 23.3 Å². The van der Waals surface area contributed by atoms with Gasteiger partial charge in [-0.25, -0.2) is 18.4 Å². The standard InChI is InChI=1S/C16H18N6O3S/c1-21-10-12(8-17-21)26(24,25)20-15-16(22-7-6-11(23)9-22)19-14-5-3-2-4-13(14)18-15/h2-5,8,10-11,23H,6-7,9H2,1H3,(H,18,20)/t11-/m0/s1. The molecule has 0 bridgehead atoms. The Morgan fingerprint density at radius 1 is 1.23 bits per heavy atom. The van der Waals surface area contributed by atoms with E-state index in [1.54, 1.807) is 13.1 Å². The predicted octanol–water partition coefficient (Wildman–Crippen LogP) is 0.735. The predicted molar refractivity (Wildman–Crippen MR) is 96.4 cm³/mol. The molecule has 0 radical (unpaired) electrons. The summed E-state index contributed by atoms with van der Waals surface area (Å²) in [5.41, 5.74) is 1.24. The van der Waals surface area contributed by atoms with E-state index in [2.05, 4.69) is 19.8 Å². The van der Waals surface area contributed by atoms with Crippen molar-refractivity contribution in [1.82, 2.24) is 19.7 Å². The largest absolute Gasteiger partial charge is 0.391 e. The molecule has 1 aliphatic rings. The van der Waals surface area contributed by atoms with Gasteiger partial charge in [-0.2, -0.15) is 5.10 Å². The summed E-state index contributed by atoms with van der Waals surface area (Å²) in [5, 5.41) is 13.7. The van der Waals surface area contributed by atoms with Crippen molar-refractivity contribution in [2.45, 2.75) is 17.4 Å². The minimum absolute atomic E-state index is 0.0439. The molecule has 1 aliphatic heterocycles. The van der Waals surface area contributed by atoms with Gasteiger partial charge in [-0.15, -0.1) is 0 Å². The first kappa shape index (κ1) is 16.7. The van der Waals surface area contributed by atoms with Crippen LogP contribution in [-0.2, 0) is 17.1 Å². The number of nitrogens with one attached hydrogen (secondary N) is 1. The number of fused-ring (bicyclic) bond motifs is 1.